The quantitative estimate of drug-likeness (QED) is 0.725. The van der Waals surface area contributed by atoms with E-state index in [1.54, 1.807) is 0 Å². The zero-order valence-corrected chi connectivity index (χ0v) is 12.1. The van der Waals surface area contributed by atoms with Gasteiger partial charge in [0, 0.05) is 5.25 Å². The van der Waals surface area contributed by atoms with Gasteiger partial charge in [-0.1, -0.05) is 36.8 Å². The molecule has 0 radical (unpaired) electrons. The number of thioether (sulfide) groups is 1. The van der Waals surface area contributed by atoms with Crippen LogP contribution in [-0.2, 0) is 4.74 Å². The first-order valence-electron chi connectivity index (χ1n) is 6.76. The first kappa shape index (κ1) is 13.5. The molecule has 1 fully saturated rings. The monoisotopic (exact) mass is 262 g/mol. The van der Waals surface area contributed by atoms with Gasteiger partial charge in [0.1, 0.15) is 6.10 Å². The Morgan fingerprint density at radius 2 is 2.11 bits per heavy atom. The molecule has 2 rings (SSSR count). The predicted molar refractivity (Wildman–Crippen MR) is 80.7 cm³/mol. The van der Waals surface area contributed by atoms with Crippen LogP contribution in [0.2, 0.25) is 0 Å². The largest absolute Gasteiger partial charge is 0.497 e. The molecule has 1 nitrogen and oxygen atoms in total. The van der Waals surface area contributed by atoms with Crippen molar-refractivity contribution in [3.63, 3.8) is 0 Å². The summed E-state index contributed by atoms with van der Waals surface area (Å²) in [6, 6.07) is 10.4. The Bertz CT molecular complexity index is 379. The van der Waals surface area contributed by atoms with Gasteiger partial charge < -0.3 is 4.74 Å². The van der Waals surface area contributed by atoms with Crippen molar-refractivity contribution in [1.82, 2.24) is 0 Å². The second kappa shape index (κ2) is 6.89. The maximum absolute atomic E-state index is 5.91. The van der Waals surface area contributed by atoms with Gasteiger partial charge in [-0.25, -0.2) is 0 Å². The van der Waals surface area contributed by atoms with Crippen LogP contribution in [0.25, 0.3) is 5.57 Å². The summed E-state index contributed by atoms with van der Waals surface area (Å²) in [6.45, 7) is 4.30. The summed E-state index contributed by atoms with van der Waals surface area (Å²) in [5, 5.41) is 0.665. The fraction of sp³-hybridized carbons (Fsp3) is 0.500. The molecule has 0 aromatic heterocycles. The Kier molecular flexibility index (Phi) is 5.18. The number of hydrogen-bond acceptors (Lipinski definition) is 2. The van der Waals surface area contributed by atoms with Crippen molar-refractivity contribution >= 4 is 17.3 Å². The fourth-order valence-electron chi connectivity index (χ4n) is 2.20. The van der Waals surface area contributed by atoms with Crippen LogP contribution in [0.1, 0.15) is 38.7 Å². The van der Waals surface area contributed by atoms with E-state index in [1.807, 2.05) is 12.3 Å². The molecule has 1 aliphatic heterocycles. The Balaban J connectivity index is 1.89. The van der Waals surface area contributed by atoms with E-state index in [1.165, 1.54) is 36.2 Å². The van der Waals surface area contributed by atoms with E-state index < -0.39 is 0 Å². The maximum atomic E-state index is 5.91. The van der Waals surface area contributed by atoms with Crippen LogP contribution in [0.15, 0.2) is 36.6 Å². The number of rotatable bonds is 4. The Labute approximate surface area is 115 Å². The summed E-state index contributed by atoms with van der Waals surface area (Å²) < 4.78 is 5.91. The van der Waals surface area contributed by atoms with E-state index in [0.717, 1.165) is 0 Å². The number of ether oxygens (including phenoxy) is 1. The minimum atomic E-state index is 0.314. The zero-order chi connectivity index (χ0) is 12.8. The molecule has 2 heteroatoms. The van der Waals surface area contributed by atoms with Crippen molar-refractivity contribution in [3.8, 4) is 0 Å². The molecule has 0 N–H and O–H groups in total. The van der Waals surface area contributed by atoms with Gasteiger partial charge in [-0.2, -0.15) is 11.8 Å². The highest BCUT2D eigenvalue weighted by Crippen LogP contribution is 2.29. The van der Waals surface area contributed by atoms with Crippen molar-refractivity contribution < 1.29 is 4.74 Å². The van der Waals surface area contributed by atoms with Gasteiger partial charge in [0.05, 0.1) is 6.26 Å². The number of benzene rings is 1. The molecular weight excluding hydrogens is 240 g/mol. The Hall–Kier alpha value is -0.890. The number of hydrogen-bond donors (Lipinski definition) is 0. The third-order valence-electron chi connectivity index (χ3n) is 3.43. The van der Waals surface area contributed by atoms with Crippen LogP contribution in [0, 0.1) is 0 Å². The van der Waals surface area contributed by atoms with Crippen molar-refractivity contribution in [2.45, 2.75) is 44.5 Å². The highest BCUT2D eigenvalue weighted by molar-refractivity contribution is 8.00. The van der Waals surface area contributed by atoms with Crippen LogP contribution in [0.3, 0.4) is 0 Å². The van der Waals surface area contributed by atoms with E-state index in [0.29, 0.717) is 11.4 Å². The topological polar surface area (TPSA) is 9.23 Å². The molecule has 98 valence electrons. The third kappa shape index (κ3) is 3.81. The second-order valence-electron chi connectivity index (χ2n) is 4.91. The number of allylic oxidation sites excluding steroid dienone is 1. The predicted octanol–water partition coefficient (Wildman–Crippen LogP) is 4.74. The molecule has 18 heavy (non-hydrogen) atoms. The van der Waals surface area contributed by atoms with E-state index in [-0.39, 0.29) is 0 Å². The average molecular weight is 262 g/mol. The normalized spacial score (nSPS) is 22.6. The van der Waals surface area contributed by atoms with Crippen LogP contribution in [0.5, 0.6) is 0 Å². The summed E-state index contributed by atoms with van der Waals surface area (Å²) in [5.41, 5.74) is 2.43. The van der Waals surface area contributed by atoms with Gasteiger partial charge in [0.25, 0.3) is 0 Å². The highest BCUT2D eigenvalue weighted by Gasteiger charge is 2.20. The molecular formula is C16H22OS. The molecule has 0 aliphatic carbocycles. The lowest BCUT2D eigenvalue weighted by molar-refractivity contribution is 0.155. The molecule has 1 heterocycles. The van der Waals surface area contributed by atoms with Crippen LogP contribution >= 0.6 is 11.8 Å². The fourth-order valence-corrected chi connectivity index (χ4v) is 3.54. The van der Waals surface area contributed by atoms with Crippen LogP contribution in [0.4, 0.5) is 0 Å². The van der Waals surface area contributed by atoms with Crippen LogP contribution in [-0.4, -0.2) is 17.1 Å². The van der Waals surface area contributed by atoms with Crippen molar-refractivity contribution in [2.24, 2.45) is 0 Å². The van der Waals surface area contributed by atoms with Crippen molar-refractivity contribution in [3.05, 3.63) is 42.2 Å². The average Bonchev–Trinajstić information content (AvgIpc) is 2.46. The van der Waals surface area contributed by atoms with Gasteiger partial charge in [0.2, 0.25) is 0 Å². The van der Waals surface area contributed by atoms with Gasteiger partial charge in [-0.15, -0.1) is 0 Å². The molecule has 1 aliphatic rings. The first-order chi connectivity index (χ1) is 8.77. The van der Waals surface area contributed by atoms with E-state index >= 15 is 0 Å². The summed E-state index contributed by atoms with van der Waals surface area (Å²) in [4.78, 5) is 0. The smallest absolute Gasteiger partial charge is 0.107 e. The van der Waals surface area contributed by atoms with E-state index in [4.69, 9.17) is 4.74 Å². The molecule has 0 saturated carbocycles. The summed E-state index contributed by atoms with van der Waals surface area (Å²) in [6.07, 6.45) is 6.26. The van der Waals surface area contributed by atoms with E-state index in [2.05, 4.69) is 49.9 Å². The molecule has 0 spiro atoms. The summed E-state index contributed by atoms with van der Waals surface area (Å²) in [5.74, 6) is 1.29. The Morgan fingerprint density at radius 3 is 2.78 bits per heavy atom. The molecule has 1 saturated heterocycles. The lowest BCUT2D eigenvalue weighted by atomic mass is 10.1. The van der Waals surface area contributed by atoms with Gasteiger partial charge in [-0.3, -0.25) is 0 Å². The van der Waals surface area contributed by atoms with Gasteiger partial charge >= 0.3 is 0 Å². The first-order valence-corrected chi connectivity index (χ1v) is 7.81. The SMILES string of the molecule is C/C(=C/OC(C)C1CCCCS1)c1ccccc1. The zero-order valence-electron chi connectivity index (χ0n) is 11.3. The lowest BCUT2D eigenvalue weighted by Gasteiger charge is -2.26. The minimum Gasteiger partial charge on any atom is -0.497 e. The summed E-state index contributed by atoms with van der Waals surface area (Å²) >= 11 is 2.06. The molecule has 2 atom stereocenters. The molecule has 1 aromatic rings. The van der Waals surface area contributed by atoms with Gasteiger partial charge in [0.15, 0.2) is 0 Å². The minimum absolute atomic E-state index is 0.314. The molecule has 0 bridgehead atoms. The lowest BCUT2D eigenvalue weighted by Crippen LogP contribution is -2.24. The standard InChI is InChI=1S/C16H22OS/c1-13(15-8-4-3-5-9-15)12-17-14(2)16-10-6-7-11-18-16/h3-5,8-9,12,14,16H,6-7,10-11H2,1-2H3/b13-12-. The van der Waals surface area contributed by atoms with E-state index in [9.17, 15) is 0 Å². The third-order valence-corrected chi connectivity index (χ3v) is 5.00. The van der Waals surface area contributed by atoms with Gasteiger partial charge in [-0.05, 0) is 43.6 Å². The molecule has 0 amide bonds. The maximum Gasteiger partial charge on any atom is 0.107 e. The van der Waals surface area contributed by atoms with Crippen molar-refractivity contribution in [1.29, 1.82) is 0 Å². The summed E-state index contributed by atoms with van der Waals surface area (Å²) in [7, 11) is 0. The Morgan fingerprint density at radius 1 is 1.33 bits per heavy atom. The van der Waals surface area contributed by atoms with Crippen LogP contribution < -0.4 is 0 Å². The molecule has 2 unspecified atom stereocenters. The van der Waals surface area contributed by atoms with Crippen molar-refractivity contribution in [2.75, 3.05) is 5.75 Å². The second-order valence-corrected chi connectivity index (χ2v) is 6.26. The molecule has 1 aromatic carbocycles. The highest BCUT2D eigenvalue weighted by atomic mass is 32.2.